The molecule has 0 aliphatic carbocycles. The number of hydrogen-bond acceptors (Lipinski definition) is 3. The lowest BCUT2D eigenvalue weighted by Crippen LogP contribution is -2.56. The average molecular weight is 203 g/mol. The standard InChI is InChI=1S/BO3.3H3N.5H2O/c2-1(3)4;;;;;;;;/h;3*1H3;5*1H2/q-3;;;;;;;;/p+3. The first-order chi connectivity index (χ1) is 1.73. The Hall–Kier alpha value is -0.375. The van der Waals surface area contributed by atoms with Gasteiger partial charge in [0.15, 0.2) is 0 Å². The maximum Gasteiger partial charge on any atom is -0.278 e. The van der Waals surface area contributed by atoms with E-state index in [-0.39, 0.29) is 45.8 Å². The fraction of sp³-hybridized carbons (Fsp3) is 0. The molecular formula is H22BN3O8. The predicted octanol–water partition coefficient (Wildman–Crippen LogP) is -6.94. The van der Waals surface area contributed by atoms with Crippen molar-refractivity contribution >= 4 is 7.32 Å². The van der Waals surface area contributed by atoms with E-state index < -0.39 is 7.32 Å². The molecule has 88 valence electrons. The minimum absolute atomic E-state index is 0. The lowest BCUT2D eigenvalue weighted by molar-refractivity contribution is -0.479. The zero-order chi connectivity index (χ0) is 3.58. The summed E-state index contributed by atoms with van der Waals surface area (Å²) in [6, 6.07) is 0. The summed E-state index contributed by atoms with van der Waals surface area (Å²) in [5.41, 5.74) is 0. The highest BCUT2D eigenvalue weighted by Crippen LogP contribution is 0.994. The molecule has 0 amide bonds. The monoisotopic (exact) mass is 203 g/mol. The summed E-state index contributed by atoms with van der Waals surface area (Å²) in [6.45, 7) is 0. The van der Waals surface area contributed by atoms with Crippen LogP contribution >= 0.6 is 0 Å². The van der Waals surface area contributed by atoms with E-state index in [2.05, 4.69) is 0 Å². The van der Waals surface area contributed by atoms with Crippen molar-refractivity contribution in [1.29, 1.82) is 0 Å². The van der Waals surface area contributed by atoms with E-state index in [0.717, 1.165) is 0 Å². The Balaban J connectivity index is -0.00000000161. The zero-order valence-corrected chi connectivity index (χ0v) is 7.30. The van der Waals surface area contributed by atoms with Gasteiger partial charge in [-0.15, -0.1) is 0 Å². The van der Waals surface area contributed by atoms with Crippen LogP contribution in [0.25, 0.3) is 0 Å². The van der Waals surface area contributed by atoms with Gasteiger partial charge in [-0.3, -0.25) is 7.32 Å². The van der Waals surface area contributed by atoms with E-state index in [1.807, 2.05) is 0 Å². The SMILES string of the molecule is O.O.O.O.O.[NH4+].[NH4+].[NH4+].[O-]B([O-])[O-]. The molecule has 0 spiro atoms. The Bertz CT molecular complexity index is 19.0. The third-order valence-corrected chi connectivity index (χ3v) is 0. The molecular weight excluding hydrogens is 181 g/mol. The van der Waals surface area contributed by atoms with Crippen LogP contribution in [0.15, 0.2) is 0 Å². The van der Waals surface area contributed by atoms with Crippen molar-refractivity contribution in [3.8, 4) is 0 Å². The first-order valence-electron chi connectivity index (χ1n) is 0.707. The first-order valence-corrected chi connectivity index (χ1v) is 0.707. The van der Waals surface area contributed by atoms with Gasteiger partial charge in [-0.25, -0.2) is 0 Å². The van der Waals surface area contributed by atoms with Crippen LogP contribution < -0.4 is 33.5 Å². The van der Waals surface area contributed by atoms with Crippen molar-refractivity contribution in [2.45, 2.75) is 0 Å². The van der Waals surface area contributed by atoms with E-state index >= 15 is 0 Å². The molecule has 0 unspecified atom stereocenters. The van der Waals surface area contributed by atoms with Crippen molar-refractivity contribution < 1.29 is 42.5 Å². The van der Waals surface area contributed by atoms with Gasteiger partial charge in [-0.05, 0) is 0 Å². The summed E-state index contributed by atoms with van der Waals surface area (Å²) in [4.78, 5) is 0. The van der Waals surface area contributed by atoms with Gasteiger partial charge in [0.05, 0.1) is 0 Å². The summed E-state index contributed by atoms with van der Waals surface area (Å²) in [6.07, 6.45) is 0. The molecule has 0 aliphatic rings. The van der Waals surface area contributed by atoms with Gasteiger partial charge in [0, 0.05) is 0 Å². The van der Waals surface area contributed by atoms with Gasteiger partial charge in [0.25, 0.3) is 0 Å². The highest BCUT2D eigenvalue weighted by molar-refractivity contribution is 6.24. The Morgan fingerprint density at radius 2 is 0.500 bits per heavy atom. The molecule has 0 saturated heterocycles. The van der Waals surface area contributed by atoms with Gasteiger partial charge in [-0.2, -0.15) is 0 Å². The molecule has 12 heavy (non-hydrogen) atoms. The van der Waals surface area contributed by atoms with Crippen LogP contribution in [0.5, 0.6) is 0 Å². The van der Waals surface area contributed by atoms with Crippen molar-refractivity contribution in [2.75, 3.05) is 0 Å². The van der Waals surface area contributed by atoms with Crippen LogP contribution in [0.2, 0.25) is 0 Å². The Morgan fingerprint density at radius 1 is 0.500 bits per heavy atom. The largest absolute Gasteiger partial charge is 0.907 e. The Morgan fingerprint density at radius 3 is 0.500 bits per heavy atom. The van der Waals surface area contributed by atoms with Crippen molar-refractivity contribution in [3.05, 3.63) is 0 Å². The number of rotatable bonds is 0. The van der Waals surface area contributed by atoms with Crippen LogP contribution in [0.3, 0.4) is 0 Å². The maximum atomic E-state index is 8.42. The van der Waals surface area contributed by atoms with Gasteiger partial charge in [-0.1, -0.05) is 0 Å². The smallest absolute Gasteiger partial charge is 0.278 e. The van der Waals surface area contributed by atoms with E-state index in [4.69, 9.17) is 15.1 Å². The molecule has 22 N–H and O–H groups in total. The molecule has 0 aliphatic heterocycles. The van der Waals surface area contributed by atoms with Gasteiger partial charge >= 0.3 is 0 Å². The molecule has 0 aromatic rings. The van der Waals surface area contributed by atoms with E-state index in [9.17, 15) is 0 Å². The van der Waals surface area contributed by atoms with Crippen LogP contribution in [0.1, 0.15) is 0 Å². The van der Waals surface area contributed by atoms with E-state index in [1.54, 1.807) is 0 Å². The minimum atomic E-state index is -2.92. The topological polar surface area (TPSA) is 336 Å². The molecule has 11 nitrogen and oxygen atoms in total. The van der Waals surface area contributed by atoms with Crippen LogP contribution in [0, 0.1) is 0 Å². The van der Waals surface area contributed by atoms with Crippen molar-refractivity contribution in [2.24, 2.45) is 0 Å². The maximum absolute atomic E-state index is 8.42. The summed E-state index contributed by atoms with van der Waals surface area (Å²) in [7, 11) is -2.92. The molecule has 0 saturated carbocycles. The van der Waals surface area contributed by atoms with Gasteiger partial charge in [0.1, 0.15) is 0 Å². The summed E-state index contributed by atoms with van der Waals surface area (Å²) in [5, 5.41) is 25.2. The molecule has 0 fully saturated rings. The lowest BCUT2D eigenvalue weighted by atomic mass is 10.3. The second-order valence-corrected chi connectivity index (χ2v) is 0.289. The molecule has 0 radical (unpaired) electrons. The quantitative estimate of drug-likeness (QED) is 0.322. The van der Waals surface area contributed by atoms with Gasteiger partial charge in [0.2, 0.25) is 0 Å². The molecule has 0 rings (SSSR count). The van der Waals surface area contributed by atoms with Crippen molar-refractivity contribution in [3.63, 3.8) is 0 Å². The van der Waals surface area contributed by atoms with Gasteiger partial charge < -0.3 is 60.9 Å². The molecule has 0 heterocycles. The third-order valence-electron chi connectivity index (χ3n) is 0. The second kappa shape index (κ2) is 143. The fourth-order valence-electron chi connectivity index (χ4n) is 0. The van der Waals surface area contributed by atoms with Crippen LogP contribution in [-0.2, 0) is 0 Å². The second-order valence-electron chi connectivity index (χ2n) is 0.289. The predicted molar refractivity (Wildman–Crippen MR) is 41.8 cm³/mol. The highest BCUT2D eigenvalue weighted by atomic mass is 16.5. The van der Waals surface area contributed by atoms with E-state index in [1.165, 1.54) is 0 Å². The minimum Gasteiger partial charge on any atom is -0.907 e. The molecule has 0 atom stereocenters. The zero-order valence-electron chi connectivity index (χ0n) is 7.30. The summed E-state index contributed by atoms with van der Waals surface area (Å²) >= 11 is 0. The number of quaternary nitrogens is 3. The third kappa shape index (κ3) is 5090. The highest BCUT2D eigenvalue weighted by Gasteiger charge is 1.17. The van der Waals surface area contributed by atoms with Crippen LogP contribution in [-0.4, -0.2) is 34.7 Å². The average Bonchev–Trinajstić information content (AvgIpc) is 0.811. The molecule has 0 bridgehead atoms. The summed E-state index contributed by atoms with van der Waals surface area (Å²) in [5.74, 6) is 0. The van der Waals surface area contributed by atoms with Crippen molar-refractivity contribution in [1.82, 2.24) is 18.5 Å². The van der Waals surface area contributed by atoms with E-state index in [0.29, 0.717) is 0 Å². The molecule has 0 aromatic heterocycles. The lowest BCUT2D eigenvalue weighted by Gasteiger charge is -2.35. The molecule has 12 heteroatoms. The summed E-state index contributed by atoms with van der Waals surface area (Å²) < 4.78 is 0. The Kier molecular flexibility index (Phi) is 2270. The Labute approximate surface area is 69.5 Å². The first kappa shape index (κ1) is 190. The fourth-order valence-corrected chi connectivity index (χ4v) is 0. The molecule has 0 aromatic carbocycles. The number of hydrogen-bond donors (Lipinski definition) is 3. The normalized spacial score (nSPS) is 2.25. The van der Waals surface area contributed by atoms with Crippen LogP contribution in [0.4, 0.5) is 0 Å².